The summed E-state index contributed by atoms with van der Waals surface area (Å²) in [6, 6.07) is 22.7. The zero-order valence-corrected chi connectivity index (χ0v) is 20.9. The molecule has 0 spiro atoms. The molecule has 0 aliphatic carbocycles. The topological polar surface area (TPSA) is 56.2 Å². The maximum Gasteiger partial charge on any atom is 0.340 e. The summed E-state index contributed by atoms with van der Waals surface area (Å²) < 4.78 is 8.62. The monoisotopic (exact) mass is 489 g/mol. The Labute approximate surface area is 213 Å². The fourth-order valence-electron chi connectivity index (χ4n) is 5.68. The summed E-state index contributed by atoms with van der Waals surface area (Å²) in [5.41, 5.74) is 7.66. The standard InChI is InChI=1S/C30H23N3O2S/c1-17-7-6-10-25-28(17)32-23-12-11-19(15-26(23)36-25)30(22-16-31-14-13-20(22)29(34)35-30)27-18(2)33(3)24-9-5-4-8-21(24)27/h4-16,32H,1-3H3. The number of anilines is 2. The number of hydrogen-bond acceptors (Lipinski definition) is 5. The Morgan fingerprint density at radius 3 is 2.75 bits per heavy atom. The molecule has 5 aromatic rings. The molecular weight excluding hydrogens is 466 g/mol. The Kier molecular flexibility index (Phi) is 4.42. The van der Waals surface area contributed by atoms with Gasteiger partial charge in [0.1, 0.15) is 0 Å². The van der Waals surface area contributed by atoms with Gasteiger partial charge in [-0.2, -0.15) is 0 Å². The van der Waals surface area contributed by atoms with Gasteiger partial charge in [-0.1, -0.05) is 48.2 Å². The second kappa shape index (κ2) is 7.48. The zero-order valence-electron chi connectivity index (χ0n) is 20.1. The molecule has 0 bridgehead atoms. The molecule has 0 amide bonds. The molecule has 5 nitrogen and oxygen atoms in total. The molecule has 1 unspecified atom stereocenters. The number of benzene rings is 3. The van der Waals surface area contributed by atoms with E-state index >= 15 is 0 Å². The number of nitrogens with zero attached hydrogens (tertiary/aromatic N) is 2. The number of rotatable bonds is 2. The largest absolute Gasteiger partial charge is 0.440 e. The minimum absolute atomic E-state index is 0.329. The lowest BCUT2D eigenvalue weighted by Gasteiger charge is -2.32. The minimum Gasteiger partial charge on any atom is -0.440 e. The van der Waals surface area contributed by atoms with Gasteiger partial charge in [0, 0.05) is 62.5 Å². The Hall–Kier alpha value is -4.03. The highest BCUT2D eigenvalue weighted by atomic mass is 32.2. The number of cyclic esters (lactones) is 1. The zero-order chi connectivity index (χ0) is 24.6. The fraction of sp³-hybridized carbons (Fsp3) is 0.133. The molecule has 0 saturated heterocycles. The van der Waals surface area contributed by atoms with Crippen LogP contribution in [0.4, 0.5) is 11.4 Å². The third-order valence-corrected chi connectivity index (χ3v) is 8.64. The molecule has 7 rings (SSSR count). The van der Waals surface area contributed by atoms with Crippen molar-refractivity contribution in [2.24, 2.45) is 7.05 Å². The van der Waals surface area contributed by atoms with Crippen molar-refractivity contribution in [1.82, 2.24) is 9.55 Å². The van der Waals surface area contributed by atoms with E-state index in [2.05, 4.69) is 84.3 Å². The molecule has 2 aliphatic heterocycles. The van der Waals surface area contributed by atoms with Gasteiger partial charge in [0.2, 0.25) is 0 Å². The average molecular weight is 490 g/mol. The van der Waals surface area contributed by atoms with Crippen molar-refractivity contribution >= 4 is 40.0 Å². The SMILES string of the molecule is Cc1cccc2c1Nc1ccc(C3(c4c(C)n(C)c5ccccc45)OC(=O)c4ccncc43)cc1S2. The molecule has 2 aromatic heterocycles. The van der Waals surface area contributed by atoms with Crippen LogP contribution in [0.1, 0.15) is 38.3 Å². The van der Waals surface area contributed by atoms with Crippen LogP contribution in [0.2, 0.25) is 0 Å². The quantitative estimate of drug-likeness (QED) is 0.269. The van der Waals surface area contributed by atoms with Gasteiger partial charge in [0.05, 0.1) is 16.9 Å². The number of aryl methyl sites for hydroxylation is 2. The summed E-state index contributed by atoms with van der Waals surface area (Å²) in [4.78, 5) is 20.0. The van der Waals surface area contributed by atoms with Crippen LogP contribution in [0.5, 0.6) is 0 Å². The van der Waals surface area contributed by atoms with Crippen molar-refractivity contribution in [1.29, 1.82) is 0 Å². The van der Waals surface area contributed by atoms with Crippen LogP contribution in [0.3, 0.4) is 0 Å². The highest BCUT2D eigenvalue weighted by molar-refractivity contribution is 7.99. The van der Waals surface area contributed by atoms with E-state index in [1.165, 1.54) is 10.5 Å². The van der Waals surface area contributed by atoms with Crippen LogP contribution < -0.4 is 5.32 Å². The molecule has 3 aromatic carbocycles. The fourth-order valence-corrected chi connectivity index (χ4v) is 6.79. The van der Waals surface area contributed by atoms with Gasteiger partial charge >= 0.3 is 5.97 Å². The molecule has 6 heteroatoms. The molecular formula is C30H23N3O2S. The van der Waals surface area contributed by atoms with Crippen LogP contribution in [0.15, 0.2) is 88.9 Å². The lowest BCUT2D eigenvalue weighted by molar-refractivity contribution is 0.0253. The third kappa shape index (κ3) is 2.73. The van der Waals surface area contributed by atoms with E-state index in [0.29, 0.717) is 5.56 Å². The number of pyridine rings is 1. The summed E-state index contributed by atoms with van der Waals surface area (Å²) in [6.45, 7) is 4.21. The molecule has 1 N–H and O–H groups in total. The number of ether oxygens (including phenoxy) is 1. The molecule has 1 atom stereocenters. The molecule has 36 heavy (non-hydrogen) atoms. The number of carbonyl (C=O) groups excluding carboxylic acids is 1. The van der Waals surface area contributed by atoms with Crippen LogP contribution in [-0.4, -0.2) is 15.5 Å². The van der Waals surface area contributed by atoms with E-state index in [0.717, 1.165) is 49.6 Å². The van der Waals surface area contributed by atoms with E-state index < -0.39 is 5.60 Å². The summed E-state index contributed by atoms with van der Waals surface area (Å²) in [6.07, 6.45) is 3.43. The molecule has 0 fully saturated rings. The first-order chi connectivity index (χ1) is 17.5. The smallest absolute Gasteiger partial charge is 0.340 e. The number of carbonyl (C=O) groups is 1. The van der Waals surface area contributed by atoms with Crippen molar-refractivity contribution in [3.8, 4) is 0 Å². The second-order valence-electron chi connectivity index (χ2n) is 9.41. The Bertz CT molecular complexity index is 1740. The number of fused-ring (bicyclic) bond motifs is 4. The number of hydrogen-bond donors (Lipinski definition) is 1. The third-order valence-electron chi connectivity index (χ3n) is 7.52. The summed E-state index contributed by atoms with van der Waals surface area (Å²) in [5.74, 6) is -0.329. The van der Waals surface area contributed by atoms with Crippen molar-refractivity contribution < 1.29 is 9.53 Å². The van der Waals surface area contributed by atoms with Crippen molar-refractivity contribution in [3.05, 3.63) is 113 Å². The van der Waals surface area contributed by atoms with Crippen LogP contribution in [0, 0.1) is 13.8 Å². The Morgan fingerprint density at radius 2 is 1.86 bits per heavy atom. The number of esters is 1. The maximum atomic E-state index is 13.3. The van der Waals surface area contributed by atoms with Gasteiger partial charge < -0.3 is 14.6 Å². The first kappa shape index (κ1) is 21.3. The van der Waals surface area contributed by atoms with Crippen molar-refractivity contribution in [2.45, 2.75) is 29.2 Å². The van der Waals surface area contributed by atoms with Gasteiger partial charge in [-0.3, -0.25) is 4.98 Å². The van der Waals surface area contributed by atoms with Gasteiger partial charge in [-0.25, -0.2) is 4.79 Å². The van der Waals surface area contributed by atoms with Crippen LogP contribution >= 0.6 is 11.8 Å². The Morgan fingerprint density at radius 1 is 1.00 bits per heavy atom. The first-order valence-corrected chi connectivity index (χ1v) is 12.7. The summed E-state index contributed by atoms with van der Waals surface area (Å²) in [7, 11) is 2.06. The van der Waals surface area contributed by atoms with Gasteiger partial charge in [0.25, 0.3) is 0 Å². The molecule has 0 radical (unpaired) electrons. The lowest BCUT2D eigenvalue weighted by atomic mass is 9.79. The van der Waals surface area contributed by atoms with Gasteiger partial charge in [-0.05, 0) is 49.7 Å². The number of nitrogens with one attached hydrogen (secondary N) is 1. The van der Waals surface area contributed by atoms with E-state index in [4.69, 9.17) is 4.74 Å². The highest BCUT2D eigenvalue weighted by Crippen LogP contribution is 2.53. The van der Waals surface area contributed by atoms with Crippen molar-refractivity contribution in [3.63, 3.8) is 0 Å². The van der Waals surface area contributed by atoms with Crippen LogP contribution in [0.25, 0.3) is 10.9 Å². The second-order valence-corrected chi connectivity index (χ2v) is 10.5. The van der Waals surface area contributed by atoms with E-state index in [9.17, 15) is 4.79 Å². The molecule has 4 heterocycles. The van der Waals surface area contributed by atoms with E-state index in [1.807, 2.05) is 12.1 Å². The van der Waals surface area contributed by atoms with Crippen molar-refractivity contribution in [2.75, 3.05) is 5.32 Å². The molecule has 0 saturated carbocycles. The molecule has 2 aliphatic rings. The minimum atomic E-state index is -1.10. The first-order valence-electron chi connectivity index (χ1n) is 11.9. The highest BCUT2D eigenvalue weighted by Gasteiger charge is 2.51. The Balaban J connectivity index is 1.52. The average Bonchev–Trinajstić information content (AvgIpc) is 3.34. The van der Waals surface area contributed by atoms with Gasteiger partial charge in [-0.15, -0.1) is 0 Å². The number of aromatic nitrogens is 2. The molecule has 176 valence electrons. The predicted molar refractivity (Wildman–Crippen MR) is 142 cm³/mol. The normalized spacial score (nSPS) is 17.8. The van der Waals surface area contributed by atoms with Gasteiger partial charge in [0.15, 0.2) is 5.60 Å². The number of para-hydroxylation sites is 2. The lowest BCUT2D eigenvalue weighted by Crippen LogP contribution is -2.30. The van der Waals surface area contributed by atoms with Crippen LogP contribution in [-0.2, 0) is 17.4 Å². The van der Waals surface area contributed by atoms with E-state index in [-0.39, 0.29) is 5.97 Å². The summed E-state index contributed by atoms with van der Waals surface area (Å²) in [5, 5.41) is 4.67. The summed E-state index contributed by atoms with van der Waals surface area (Å²) >= 11 is 1.73. The van der Waals surface area contributed by atoms with E-state index in [1.54, 1.807) is 30.2 Å². The predicted octanol–water partition coefficient (Wildman–Crippen LogP) is 6.86. The maximum absolute atomic E-state index is 13.3.